The van der Waals surface area contributed by atoms with E-state index in [2.05, 4.69) is 60.7 Å². The smallest absolute Gasteiger partial charge is 0.119 e. The molecule has 0 fully saturated rings. The molecule has 0 radical (unpaired) electrons. The standard InChI is InChI=1S/C23H25NO/c1-25-22-16-20(14-12-18-8-4-2-5-9-18)23(24)21(17-22)15-13-19-10-6-3-7-11-19/h2-11,16-17H,12-15,24H2,1H3. The number of nitrogens with two attached hydrogens (primary N) is 1. The molecule has 128 valence electrons. The van der Waals surface area contributed by atoms with Crippen LogP contribution in [0.1, 0.15) is 22.3 Å². The zero-order valence-electron chi connectivity index (χ0n) is 14.7. The molecular formula is C23H25NO. The van der Waals surface area contributed by atoms with Crippen LogP contribution < -0.4 is 10.5 Å². The summed E-state index contributed by atoms with van der Waals surface area (Å²) < 4.78 is 5.50. The molecule has 0 saturated heterocycles. The van der Waals surface area contributed by atoms with E-state index in [1.54, 1.807) is 7.11 Å². The Hall–Kier alpha value is -2.74. The third-order valence-corrected chi connectivity index (χ3v) is 4.61. The Balaban J connectivity index is 1.76. The highest BCUT2D eigenvalue weighted by atomic mass is 16.5. The molecule has 0 atom stereocenters. The van der Waals surface area contributed by atoms with E-state index in [1.165, 1.54) is 22.3 Å². The van der Waals surface area contributed by atoms with Crippen LogP contribution in [0.25, 0.3) is 0 Å². The van der Waals surface area contributed by atoms with Crippen LogP contribution in [0.5, 0.6) is 5.75 Å². The highest BCUT2D eigenvalue weighted by Gasteiger charge is 2.09. The quantitative estimate of drug-likeness (QED) is 0.628. The van der Waals surface area contributed by atoms with E-state index in [4.69, 9.17) is 10.5 Å². The van der Waals surface area contributed by atoms with Gasteiger partial charge in [0.25, 0.3) is 0 Å². The maximum Gasteiger partial charge on any atom is 0.119 e. The van der Waals surface area contributed by atoms with Gasteiger partial charge in [0.05, 0.1) is 7.11 Å². The van der Waals surface area contributed by atoms with E-state index in [-0.39, 0.29) is 0 Å². The molecule has 0 aliphatic heterocycles. The van der Waals surface area contributed by atoms with Gasteiger partial charge in [-0.3, -0.25) is 0 Å². The Morgan fingerprint density at radius 2 is 1.12 bits per heavy atom. The average Bonchev–Trinajstić information content (AvgIpc) is 2.68. The zero-order valence-corrected chi connectivity index (χ0v) is 14.7. The van der Waals surface area contributed by atoms with Crippen molar-refractivity contribution < 1.29 is 4.74 Å². The van der Waals surface area contributed by atoms with E-state index in [9.17, 15) is 0 Å². The number of benzene rings is 3. The third kappa shape index (κ3) is 4.63. The van der Waals surface area contributed by atoms with Gasteiger partial charge in [0.15, 0.2) is 0 Å². The van der Waals surface area contributed by atoms with Crippen LogP contribution in [0.15, 0.2) is 72.8 Å². The Labute approximate surface area is 150 Å². The molecule has 2 N–H and O–H groups in total. The van der Waals surface area contributed by atoms with Crippen molar-refractivity contribution in [3.63, 3.8) is 0 Å². The minimum atomic E-state index is 0.889. The molecule has 3 rings (SSSR count). The number of rotatable bonds is 7. The lowest BCUT2D eigenvalue weighted by molar-refractivity contribution is 0.414. The lowest BCUT2D eigenvalue weighted by atomic mass is 9.96. The van der Waals surface area contributed by atoms with Gasteiger partial charge in [-0.2, -0.15) is 0 Å². The van der Waals surface area contributed by atoms with Gasteiger partial charge in [-0.15, -0.1) is 0 Å². The third-order valence-electron chi connectivity index (χ3n) is 4.61. The summed E-state index contributed by atoms with van der Waals surface area (Å²) >= 11 is 0. The van der Waals surface area contributed by atoms with Crippen molar-refractivity contribution in [2.24, 2.45) is 0 Å². The molecule has 0 amide bonds. The predicted octanol–water partition coefficient (Wildman–Crippen LogP) is 4.85. The SMILES string of the molecule is COc1cc(CCc2ccccc2)c(N)c(CCc2ccccc2)c1. The van der Waals surface area contributed by atoms with Gasteiger partial charge < -0.3 is 10.5 Å². The Morgan fingerprint density at radius 3 is 1.52 bits per heavy atom. The van der Waals surface area contributed by atoms with Crippen LogP contribution >= 0.6 is 0 Å². The molecule has 0 heterocycles. The number of methoxy groups -OCH3 is 1. The van der Waals surface area contributed by atoms with Gasteiger partial charge in [-0.25, -0.2) is 0 Å². The van der Waals surface area contributed by atoms with Crippen LogP contribution in [0.3, 0.4) is 0 Å². The number of ether oxygens (including phenoxy) is 1. The molecule has 3 aromatic rings. The first-order valence-electron chi connectivity index (χ1n) is 8.79. The van der Waals surface area contributed by atoms with Crippen LogP contribution in [-0.4, -0.2) is 7.11 Å². The Morgan fingerprint density at radius 1 is 0.680 bits per heavy atom. The van der Waals surface area contributed by atoms with Crippen molar-refractivity contribution in [1.82, 2.24) is 0 Å². The molecule has 0 unspecified atom stereocenters. The molecule has 0 spiro atoms. The Bertz CT molecular complexity index is 732. The van der Waals surface area contributed by atoms with Gasteiger partial charge in [-0.05, 0) is 60.1 Å². The maximum atomic E-state index is 6.48. The molecule has 0 bridgehead atoms. The van der Waals surface area contributed by atoms with Crippen molar-refractivity contribution in [3.05, 3.63) is 95.1 Å². The summed E-state index contributed by atoms with van der Waals surface area (Å²) in [6.07, 6.45) is 3.81. The molecular weight excluding hydrogens is 306 g/mol. The molecule has 3 aromatic carbocycles. The van der Waals surface area contributed by atoms with Crippen molar-refractivity contribution in [2.75, 3.05) is 12.8 Å². The summed E-state index contributed by atoms with van der Waals surface area (Å²) in [6, 6.07) is 25.2. The summed E-state index contributed by atoms with van der Waals surface area (Å²) in [7, 11) is 1.72. The zero-order chi connectivity index (χ0) is 17.5. The maximum absolute atomic E-state index is 6.48. The number of hydrogen-bond donors (Lipinski definition) is 1. The highest BCUT2D eigenvalue weighted by Crippen LogP contribution is 2.27. The average molecular weight is 331 g/mol. The minimum Gasteiger partial charge on any atom is -0.497 e. The molecule has 0 aliphatic rings. The van der Waals surface area contributed by atoms with Crippen molar-refractivity contribution in [3.8, 4) is 5.75 Å². The molecule has 0 aromatic heterocycles. The van der Waals surface area contributed by atoms with Crippen LogP contribution in [0.2, 0.25) is 0 Å². The summed E-state index contributed by atoms with van der Waals surface area (Å²) in [5.41, 5.74) is 12.4. The van der Waals surface area contributed by atoms with Gasteiger partial charge in [0.1, 0.15) is 5.75 Å². The lowest BCUT2D eigenvalue weighted by Crippen LogP contribution is -2.04. The van der Waals surface area contributed by atoms with Crippen LogP contribution in [0.4, 0.5) is 5.69 Å². The van der Waals surface area contributed by atoms with Crippen LogP contribution in [-0.2, 0) is 25.7 Å². The lowest BCUT2D eigenvalue weighted by Gasteiger charge is -2.14. The van der Waals surface area contributed by atoms with E-state index < -0.39 is 0 Å². The number of aryl methyl sites for hydroxylation is 4. The first-order chi connectivity index (χ1) is 12.3. The molecule has 2 nitrogen and oxygen atoms in total. The summed E-state index contributed by atoms with van der Waals surface area (Å²) in [4.78, 5) is 0. The van der Waals surface area contributed by atoms with Crippen molar-refractivity contribution in [2.45, 2.75) is 25.7 Å². The van der Waals surface area contributed by atoms with E-state index >= 15 is 0 Å². The summed E-state index contributed by atoms with van der Waals surface area (Å²) in [5.74, 6) is 0.889. The van der Waals surface area contributed by atoms with E-state index in [0.717, 1.165) is 37.1 Å². The van der Waals surface area contributed by atoms with E-state index in [1.807, 2.05) is 12.1 Å². The Kier molecular flexibility index (Phi) is 5.73. The number of nitrogen functional groups attached to an aromatic ring is 1. The molecule has 0 saturated carbocycles. The van der Waals surface area contributed by atoms with Crippen LogP contribution in [0, 0.1) is 0 Å². The highest BCUT2D eigenvalue weighted by molar-refractivity contribution is 5.58. The minimum absolute atomic E-state index is 0.889. The fraction of sp³-hybridized carbons (Fsp3) is 0.217. The number of hydrogen-bond acceptors (Lipinski definition) is 2. The second kappa shape index (κ2) is 8.39. The van der Waals surface area contributed by atoms with Crippen molar-refractivity contribution >= 4 is 5.69 Å². The normalized spacial score (nSPS) is 10.6. The second-order valence-corrected chi connectivity index (χ2v) is 6.33. The van der Waals surface area contributed by atoms with Crippen molar-refractivity contribution in [1.29, 1.82) is 0 Å². The first kappa shape index (κ1) is 17.1. The first-order valence-corrected chi connectivity index (χ1v) is 8.79. The van der Waals surface area contributed by atoms with E-state index in [0.29, 0.717) is 0 Å². The topological polar surface area (TPSA) is 35.2 Å². The largest absolute Gasteiger partial charge is 0.497 e. The molecule has 0 aliphatic carbocycles. The summed E-state index contributed by atoms with van der Waals surface area (Å²) in [6.45, 7) is 0. The second-order valence-electron chi connectivity index (χ2n) is 6.33. The van der Waals surface area contributed by atoms with Gasteiger partial charge in [-0.1, -0.05) is 60.7 Å². The number of anilines is 1. The fourth-order valence-electron chi connectivity index (χ4n) is 3.13. The molecule has 25 heavy (non-hydrogen) atoms. The monoisotopic (exact) mass is 331 g/mol. The van der Waals surface area contributed by atoms with Gasteiger partial charge in [0.2, 0.25) is 0 Å². The van der Waals surface area contributed by atoms with Gasteiger partial charge in [0, 0.05) is 5.69 Å². The molecule has 2 heteroatoms. The van der Waals surface area contributed by atoms with Gasteiger partial charge >= 0.3 is 0 Å². The summed E-state index contributed by atoms with van der Waals surface area (Å²) in [5, 5.41) is 0. The fourth-order valence-corrected chi connectivity index (χ4v) is 3.13. The predicted molar refractivity (Wildman–Crippen MR) is 105 cm³/mol.